The molecule has 13 heteroatoms. The van der Waals surface area contributed by atoms with E-state index < -0.39 is 60.2 Å². The lowest BCUT2D eigenvalue weighted by molar-refractivity contribution is -0.142. The molecule has 1 rings (SSSR count). The maximum absolute atomic E-state index is 12.9. The average Bonchev–Trinajstić information content (AvgIpc) is 2.81. The molecule has 3 amide bonds. The summed E-state index contributed by atoms with van der Waals surface area (Å²) in [5.41, 5.74) is 11.7. The number of benzene rings is 1. The van der Waals surface area contributed by atoms with Crippen molar-refractivity contribution in [2.45, 2.75) is 56.3 Å². The molecule has 0 fully saturated rings. The van der Waals surface area contributed by atoms with Gasteiger partial charge in [0.2, 0.25) is 17.7 Å². The van der Waals surface area contributed by atoms with Crippen molar-refractivity contribution in [3.05, 3.63) is 35.9 Å². The van der Waals surface area contributed by atoms with E-state index in [9.17, 15) is 29.1 Å². The van der Waals surface area contributed by atoms with Gasteiger partial charge in [-0.1, -0.05) is 30.3 Å². The summed E-state index contributed by atoms with van der Waals surface area (Å²) in [7, 11) is 0. The summed E-state index contributed by atoms with van der Waals surface area (Å²) < 4.78 is 0. The number of rotatable bonds is 16. The van der Waals surface area contributed by atoms with Crippen LogP contribution < -0.4 is 27.4 Å². The highest BCUT2D eigenvalue weighted by atomic mass is 32.1. The van der Waals surface area contributed by atoms with E-state index in [4.69, 9.17) is 16.6 Å². The van der Waals surface area contributed by atoms with E-state index >= 15 is 0 Å². The van der Waals surface area contributed by atoms with Crippen LogP contribution in [0.1, 0.15) is 31.2 Å². The molecule has 35 heavy (non-hydrogen) atoms. The molecule has 0 radical (unpaired) electrons. The Labute approximate surface area is 208 Å². The van der Waals surface area contributed by atoms with Gasteiger partial charge < -0.3 is 37.6 Å². The summed E-state index contributed by atoms with van der Waals surface area (Å²) in [6.45, 7) is 0.366. The maximum atomic E-state index is 12.9. The third-order valence-electron chi connectivity index (χ3n) is 5.02. The smallest absolute Gasteiger partial charge is 0.326 e. The van der Waals surface area contributed by atoms with Crippen LogP contribution in [0, 0.1) is 0 Å². The fourth-order valence-corrected chi connectivity index (χ4v) is 3.37. The molecule has 0 aliphatic heterocycles. The normalized spacial score (nSPS) is 14.1. The Kier molecular flexibility index (Phi) is 13.4. The number of carboxylic acid groups (broad SMARTS) is 2. The van der Waals surface area contributed by atoms with Crippen LogP contribution in [0.5, 0.6) is 0 Å². The standard InChI is InChI=1S/C22H33N5O7S/c23-9-5-4-8-15(20(31)26-16(22(33)34)10-13-6-2-1-3-7-13)25-21(32)17(12-35)27-19(30)14(24)11-18(28)29/h1-3,6-7,14-17,35H,4-5,8-12,23-24H2,(H,25,32)(H,26,31)(H,27,30)(H,28,29)(H,33,34). The number of hydrogen-bond acceptors (Lipinski definition) is 8. The molecule has 4 atom stereocenters. The van der Waals surface area contributed by atoms with Crippen molar-refractivity contribution in [1.82, 2.24) is 16.0 Å². The molecule has 1 aromatic carbocycles. The van der Waals surface area contributed by atoms with Gasteiger partial charge in [-0.2, -0.15) is 12.6 Å². The van der Waals surface area contributed by atoms with Gasteiger partial charge >= 0.3 is 11.9 Å². The molecule has 9 N–H and O–H groups in total. The highest BCUT2D eigenvalue weighted by Crippen LogP contribution is 2.07. The molecule has 194 valence electrons. The number of carbonyl (C=O) groups excluding carboxylic acids is 3. The second-order valence-electron chi connectivity index (χ2n) is 7.88. The van der Waals surface area contributed by atoms with Crippen molar-refractivity contribution in [1.29, 1.82) is 0 Å². The highest BCUT2D eigenvalue weighted by Gasteiger charge is 2.30. The Morgan fingerprint density at radius 2 is 1.43 bits per heavy atom. The molecule has 0 saturated carbocycles. The molecule has 0 saturated heterocycles. The summed E-state index contributed by atoms with van der Waals surface area (Å²) in [5.74, 6) is -4.98. The predicted octanol–water partition coefficient (Wildman–Crippen LogP) is -1.37. The average molecular weight is 512 g/mol. The van der Waals surface area contributed by atoms with Gasteiger partial charge in [-0.25, -0.2) is 4.79 Å². The first-order valence-corrected chi connectivity index (χ1v) is 11.7. The van der Waals surface area contributed by atoms with E-state index in [2.05, 4.69) is 28.6 Å². The van der Waals surface area contributed by atoms with Crippen molar-refractivity contribution in [3.63, 3.8) is 0 Å². The number of carboxylic acids is 2. The fourth-order valence-electron chi connectivity index (χ4n) is 3.11. The van der Waals surface area contributed by atoms with E-state index in [1.165, 1.54) is 0 Å². The van der Waals surface area contributed by atoms with Crippen LogP contribution in [0.2, 0.25) is 0 Å². The molecular weight excluding hydrogens is 478 g/mol. The van der Waals surface area contributed by atoms with Gasteiger partial charge in [0.25, 0.3) is 0 Å². The molecule has 0 aliphatic rings. The lowest BCUT2D eigenvalue weighted by atomic mass is 10.0. The Balaban J connectivity index is 2.90. The van der Waals surface area contributed by atoms with Gasteiger partial charge in [-0.3, -0.25) is 19.2 Å². The zero-order chi connectivity index (χ0) is 26.4. The molecule has 0 aliphatic carbocycles. The summed E-state index contributed by atoms with van der Waals surface area (Å²) in [6.07, 6.45) is 0.644. The molecule has 0 bridgehead atoms. The van der Waals surface area contributed by atoms with Crippen LogP contribution in [0.15, 0.2) is 30.3 Å². The summed E-state index contributed by atoms with van der Waals surface area (Å²) in [5, 5.41) is 25.6. The van der Waals surface area contributed by atoms with Crippen LogP contribution in [0.3, 0.4) is 0 Å². The molecule has 1 aromatic rings. The van der Waals surface area contributed by atoms with Crippen molar-refractivity contribution < 1.29 is 34.2 Å². The summed E-state index contributed by atoms with van der Waals surface area (Å²) in [6, 6.07) is 3.85. The van der Waals surface area contributed by atoms with Crippen LogP contribution in [0.4, 0.5) is 0 Å². The summed E-state index contributed by atoms with van der Waals surface area (Å²) in [4.78, 5) is 60.3. The largest absolute Gasteiger partial charge is 0.481 e. The molecule has 0 spiro atoms. The third-order valence-corrected chi connectivity index (χ3v) is 5.39. The molecule has 0 heterocycles. The van der Waals surface area contributed by atoms with Crippen molar-refractivity contribution in [2.75, 3.05) is 12.3 Å². The number of nitrogens with one attached hydrogen (secondary N) is 3. The third kappa shape index (κ3) is 11.2. The topological polar surface area (TPSA) is 214 Å². The van der Waals surface area contributed by atoms with Gasteiger partial charge in [0.15, 0.2) is 0 Å². The van der Waals surface area contributed by atoms with E-state index in [1.54, 1.807) is 30.3 Å². The lowest BCUT2D eigenvalue weighted by Gasteiger charge is -2.24. The number of hydrogen-bond donors (Lipinski definition) is 8. The molecule has 12 nitrogen and oxygen atoms in total. The van der Waals surface area contributed by atoms with Crippen molar-refractivity contribution >= 4 is 42.3 Å². The Bertz CT molecular complexity index is 871. The zero-order valence-electron chi connectivity index (χ0n) is 19.2. The first kappa shape index (κ1) is 29.9. The minimum Gasteiger partial charge on any atom is -0.481 e. The van der Waals surface area contributed by atoms with Gasteiger partial charge in [-0.05, 0) is 31.4 Å². The first-order valence-electron chi connectivity index (χ1n) is 11.0. The Morgan fingerprint density at radius 3 is 1.97 bits per heavy atom. The number of unbranched alkanes of at least 4 members (excludes halogenated alkanes) is 1. The lowest BCUT2D eigenvalue weighted by Crippen LogP contribution is -2.58. The van der Waals surface area contributed by atoms with Gasteiger partial charge in [0, 0.05) is 12.2 Å². The van der Waals surface area contributed by atoms with Crippen LogP contribution in [-0.2, 0) is 30.4 Å². The fraction of sp³-hybridized carbons (Fsp3) is 0.500. The second-order valence-corrected chi connectivity index (χ2v) is 8.25. The molecule has 4 unspecified atom stereocenters. The van der Waals surface area contributed by atoms with Crippen LogP contribution in [0.25, 0.3) is 0 Å². The van der Waals surface area contributed by atoms with E-state index in [0.717, 1.165) is 0 Å². The van der Waals surface area contributed by atoms with E-state index in [0.29, 0.717) is 24.9 Å². The highest BCUT2D eigenvalue weighted by molar-refractivity contribution is 7.80. The van der Waals surface area contributed by atoms with Crippen LogP contribution in [-0.4, -0.2) is 76.3 Å². The van der Waals surface area contributed by atoms with Gasteiger partial charge in [-0.15, -0.1) is 0 Å². The quantitative estimate of drug-likeness (QED) is 0.0969. The SMILES string of the molecule is NCCCCC(NC(=O)C(CS)NC(=O)C(N)CC(=O)O)C(=O)NC(Cc1ccccc1)C(=O)O. The zero-order valence-corrected chi connectivity index (χ0v) is 20.1. The number of aliphatic carboxylic acids is 2. The minimum atomic E-state index is -1.37. The van der Waals surface area contributed by atoms with Crippen molar-refractivity contribution in [2.24, 2.45) is 11.5 Å². The number of amides is 3. The minimum absolute atomic E-state index is 0.0438. The number of thiol groups is 1. The molecule has 0 aromatic heterocycles. The maximum Gasteiger partial charge on any atom is 0.326 e. The first-order chi connectivity index (χ1) is 16.6. The van der Waals surface area contributed by atoms with E-state index in [1.807, 2.05) is 0 Å². The van der Waals surface area contributed by atoms with Gasteiger partial charge in [0.1, 0.15) is 18.1 Å². The second kappa shape index (κ2) is 15.7. The molecular formula is C22H33N5O7S. The Morgan fingerprint density at radius 1 is 0.857 bits per heavy atom. The Hall–Kier alpha value is -3.16. The van der Waals surface area contributed by atoms with Gasteiger partial charge in [0.05, 0.1) is 12.5 Å². The van der Waals surface area contributed by atoms with Crippen molar-refractivity contribution in [3.8, 4) is 0 Å². The monoisotopic (exact) mass is 511 g/mol. The summed E-state index contributed by atoms with van der Waals surface area (Å²) >= 11 is 4.04. The van der Waals surface area contributed by atoms with Crippen LogP contribution >= 0.6 is 12.6 Å². The number of carbonyl (C=O) groups is 5. The predicted molar refractivity (Wildman–Crippen MR) is 131 cm³/mol. The van der Waals surface area contributed by atoms with E-state index in [-0.39, 0.29) is 18.6 Å². The number of nitrogens with two attached hydrogens (primary N) is 2.